The Morgan fingerprint density at radius 1 is 0.840 bits per heavy atom. The van der Waals surface area contributed by atoms with Gasteiger partial charge in [-0.25, -0.2) is 8.78 Å². The molecule has 0 saturated heterocycles. The van der Waals surface area contributed by atoms with Crippen molar-refractivity contribution >= 4 is 10.8 Å². The first-order chi connectivity index (χ1) is 12.1. The molecular formula is C22H22F2O. The molecular weight excluding hydrogens is 318 g/mol. The van der Waals surface area contributed by atoms with Crippen LogP contribution in [-0.4, -0.2) is 5.11 Å². The maximum Gasteiger partial charge on any atom is 0.175 e. The minimum absolute atomic E-state index is 0.170. The third kappa shape index (κ3) is 3.81. The summed E-state index contributed by atoms with van der Waals surface area (Å²) in [5.74, 6) is -2.11. The number of phenols is 1. The van der Waals surface area contributed by atoms with E-state index in [0.29, 0.717) is 10.9 Å². The second-order valence-electron chi connectivity index (χ2n) is 6.46. The fourth-order valence-corrected chi connectivity index (χ4v) is 3.15. The van der Waals surface area contributed by atoms with Crippen LogP contribution in [0.5, 0.6) is 5.75 Å². The molecule has 130 valence electrons. The van der Waals surface area contributed by atoms with E-state index < -0.39 is 17.4 Å². The van der Waals surface area contributed by atoms with E-state index in [9.17, 15) is 13.9 Å². The van der Waals surface area contributed by atoms with Gasteiger partial charge in [-0.3, -0.25) is 0 Å². The number of fused-ring (bicyclic) bond motifs is 1. The fourth-order valence-electron chi connectivity index (χ4n) is 3.15. The van der Waals surface area contributed by atoms with Crippen LogP contribution in [0.2, 0.25) is 0 Å². The van der Waals surface area contributed by atoms with E-state index >= 15 is 0 Å². The Bertz CT molecular complexity index is 869. The molecule has 0 aliphatic carbocycles. The van der Waals surface area contributed by atoms with Crippen LogP contribution < -0.4 is 0 Å². The zero-order valence-electron chi connectivity index (χ0n) is 14.4. The van der Waals surface area contributed by atoms with Crippen molar-refractivity contribution in [3.05, 3.63) is 65.7 Å². The summed E-state index contributed by atoms with van der Waals surface area (Å²) in [5, 5.41) is 9.69. The topological polar surface area (TPSA) is 20.2 Å². The molecule has 0 spiro atoms. The lowest BCUT2D eigenvalue weighted by atomic mass is 9.98. The van der Waals surface area contributed by atoms with Crippen molar-refractivity contribution in [2.24, 2.45) is 0 Å². The fraction of sp³-hybridized carbons (Fsp3) is 0.273. The standard InChI is InChI=1S/C22H22F2O/c1-2-3-4-5-6-15-7-9-16(10-8-15)18-13-17-11-12-20(25)22(24)21(17)19(23)14-18/h7-14,25H,2-6H2,1H3. The van der Waals surface area contributed by atoms with E-state index in [0.717, 1.165) is 12.0 Å². The maximum absolute atomic E-state index is 14.3. The first kappa shape index (κ1) is 17.4. The van der Waals surface area contributed by atoms with Gasteiger partial charge in [-0.05, 0) is 53.1 Å². The highest BCUT2D eigenvalue weighted by molar-refractivity contribution is 5.89. The van der Waals surface area contributed by atoms with Crippen LogP contribution >= 0.6 is 0 Å². The molecule has 0 atom stereocenters. The van der Waals surface area contributed by atoms with Gasteiger partial charge in [-0.1, -0.05) is 56.5 Å². The minimum atomic E-state index is -0.913. The van der Waals surface area contributed by atoms with Crippen LogP contribution in [0.25, 0.3) is 21.9 Å². The lowest BCUT2D eigenvalue weighted by molar-refractivity contribution is 0.435. The Morgan fingerprint density at radius 3 is 2.32 bits per heavy atom. The second kappa shape index (κ2) is 7.64. The van der Waals surface area contributed by atoms with Gasteiger partial charge in [0, 0.05) is 0 Å². The molecule has 0 bridgehead atoms. The Hall–Kier alpha value is -2.42. The number of aryl methyl sites for hydroxylation is 1. The monoisotopic (exact) mass is 340 g/mol. The van der Waals surface area contributed by atoms with Gasteiger partial charge in [-0.15, -0.1) is 0 Å². The summed E-state index contributed by atoms with van der Waals surface area (Å²) in [4.78, 5) is 0. The average Bonchev–Trinajstić information content (AvgIpc) is 2.62. The van der Waals surface area contributed by atoms with Crippen molar-refractivity contribution in [1.82, 2.24) is 0 Å². The molecule has 3 aromatic carbocycles. The summed E-state index contributed by atoms with van der Waals surface area (Å²) < 4.78 is 28.3. The highest BCUT2D eigenvalue weighted by Crippen LogP contribution is 2.32. The Morgan fingerprint density at radius 2 is 1.60 bits per heavy atom. The quantitative estimate of drug-likeness (QED) is 0.500. The molecule has 0 aliphatic heterocycles. The molecule has 0 saturated carbocycles. The number of phenolic OH excluding ortho intramolecular Hbond substituents is 1. The number of hydrogen-bond donors (Lipinski definition) is 1. The van der Waals surface area contributed by atoms with Gasteiger partial charge < -0.3 is 5.11 Å². The van der Waals surface area contributed by atoms with Gasteiger partial charge in [0.2, 0.25) is 0 Å². The zero-order valence-corrected chi connectivity index (χ0v) is 14.4. The van der Waals surface area contributed by atoms with Gasteiger partial charge in [0.25, 0.3) is 0 Å². The van der Waals surface area contributed by atoms with Crippen LogP contribution in [0.15, 0.2) is 48.5 Å². The number of hydrogen-bond acceptors (Lipinski definition) is 1. The van der Waals surface area contributed by atoms with E-state index in [1.165, 1.54) is 49.4 Å². The van der Waals surface area contributed by atoms with Crippen molar-refractivity contribution in [2.45, 2.75) is 39.0 Å². The van der Waals surface area contributed by atoms with E-state index in [1.54, 1.807) is 6.07 Å². The molecule has 25 heavy (non-hydrogen) atoms. The normalized spacial score (nSPS) is 11.2. The molecule has 3 heteroatoms. The predicted octanol–water partition coefficient (Wildman–Crippen LogP) is 6.61. The molecule has 3 rings (SSSR count). The number of aromatic hydroxyl groups is 1. The van der Waals surface area contributed by atoms with Crippen LogP contribution in [0.4, 0.5) is 8.78 Å². The maximum atomic E-state index is 14.3. The Balaban J connectivity index is 1.85. The van der Waals surface area contributed by atoms with Gasteiger partial charge in [0.1, 0.15) is 5.82 Å². The van der Waals surface area contributed by atoms with Crippen molar-refractivity contribution < 1.29 is 13.9 Å². The van der Waals surface area contributed by atoms with Gasteiger partial charge in [0.15, 0.2) is 11.6 Å². The molecule has 1 N–H and O–H groups in total. The Labute approximate surface area is 146 Å². The first-order valence-corrected chi connectivity index (χ1v) is 8.80. The number of rotatable bonds is 6. The summed E-state index contributed by atoms with van der Waals surface area (Å²) in [6.45, 7) is 2.20. The van der Waals surface area contributed by atoms with Gasteiger partial charge >= 0.3 is 0 Å². The van der Waals surface area contributed by atoms with E-state index in [-0.39, 0.29) is 5.39 Å². The smallest absolute Gasteiger partial charge is 0.175 e. The molecule has 0 unspecified atom stereocenters. The van der Waals surface area contributed by atoms with E-state index in [1.807, 2.05) is 12.1 Å². The van der Waals surface area contributed by atoms with Crippen molar-refractivity contribution in [1.29, 1.82) is 0 Å². The predicted molar refractivity (Wildman–Crippen MR) is 98.8 cm³/mol. The van der Waals surface area contributed by atoms with Crippen molar-refractivity contribution in [3.63, 3.8) is 0 Å². The molecule has 0 heterocycles. The van der Waals surface area contributed by atoms with Crippen molar-refractivity contribution in [3.8, 4) is 16.9 Å². The Kier molecular flexibility index (Phi) is 5.32. The van der Waals surface area contributed by atoms with Gasteiger partial charge in [0.05, 0.1) is 5.39 Å². The SMILES string of the molecule is CCCCCCc1ccc(-c2cc(F)c3c(F)c(O)ccc3c2)cc1. The number of unbranched alkanes of at least 4 members (excludes halogenated alkanes) is 3. The van der Waals surface area contributed by atoms with Crippen LogP contribution in [0.3, 0.4) is 0 Å². The molecule has 0 radical (unpaired) electrons. The molecule has 0 aromatic heterocycles. The van der Waals surface area contributed by atoms with Crippen LogP contribution in [-0.2, 0) is 6.42 Å². The van der Waals surface area contributed by atoms with E-state index in [4.69, 9.17) is 0 Å². The lowest BCUT2D eigenvalue weighted by Crippen LogP contribution is -1.90. The third-order valence-electron chi connectivity index (χ3n) is 4.59. The summed E-state index contributed by atoms with van der Waals surface area (Å²) in [6.07, 6.45) is 5.97. The summed E-state index contributed by atoms with van der Waals surface area (Å²) in [7, 11) is 0. The summed E-state index contributed by atoms with van der Waals surface area (Å²) in [5.41, 5.74) is 2.87. The highest BCUT2D eigenvalue weighted by Gasteiger charge is 2.13. The molecule has 0 fully saturated rings. The summed E-state index contributed by atoms with van der Waals surface area (Å²) in [6, 6.07) is 13.9. The minimum Gasteiger partial charge on any atom is -0.505 e. The average molecular weight is 340 g/mol. The van der Waals surface area contributed by atoms with Crippen LogP contribution in [0, 0.1) is 11.6 Å². The highest BCUT2D eigenvalue weighted by atomic mass is 19.1. The molecule has 1 nitrogen and oxygen atoms in total. The summed E-state index contributed by atoms with van der Waals surface area (Å²) >= 11 is 0. The van der Waals surface area contributed by atoms with E-state index in [2.05, 4.69) is 19.1 Å². The largest absolute Gasteiger partial charge is 0.505 e. The van der Waals surface area contributed by atoms with Gasteiger partial charge in [-0.2, -0.15) is 0 Å². The first-order valence-electron chi connectivity index (χ1n) is 8.80. The second-order valence-corrected chi connectivity index (χ2v) is 6.46. The molecule has 3 aromatic rings. The molecule has 0 amide bonds. The third-order valence-corrected chi connectivity index (χ3v) is 4.59. The number of benzene rings is 3. The number of halogens is 2. The lowest BCUT2D eigenvalue weighted by Gasteiger charge is -2.09. The molecule has 0 aliphatic rings. The van der Waals surface area contributed by atoms with Crippen LogP contribution in [0.1, 0.15) is 38.2 Å². The van der Waals surface area contributed by atoms with Crippen molar-refractivity contribution in [2.75, 3.05) is 0 Å². The zero-order chi connectivity index (χ0) is 17.8.